The van der Waals surface area contributed by atoms with E-state index in [1.807, 2.05) is 12.1 Å². The fourth-order valence-corrected chi connectivity index (χ4v) is 3.60. The van der Waals surface area contributed by atoms with Gasteiger partial charge in [0.1, 0.15) is 5.37 Å². The Hall–Kier alpha value is -2.15. The minimum Gasteiger partial charge on any atom is -0.399 e. The highest BCUT2D eigenvalue weighted by Crippen LogP contribution is 2.42. The lowest BCUT2D eigenvalue weighted by molar-refractivity contribution is -0.137. The van der Waals surface area contributed by atoms with Gasteiger partial charge in [0.2, 0.25) is 5.91 Å². The van der Waals surface area contributed by atoms with Crippen molar-refractivity contribution in [2.24, 2.45) is 0 Å². The molecule has 23 heavy (non-hydrogen) atoms. The highest BCUT2D eigenvalue weighted by atomic mass is 32.2. The Bertz CT molecular complexity index is 714. The molecule has 0 radical (unpaired) electrons. The highest BCUT2D eigenvalue weighted by Gasteiger charge is 2.35. The third-order valence-corrected chi connectivity index (χ3v) is 4.77. The quantitative estimate of drug-likeness (QED) is 0.840. The molecule has 7 heteroatoms. The van der Waals surface area contributed by atoms with Gasteiger partial charge in [0.25, 0.3) is 0 Å². The molecule has 1 saturated heterocycles. The molecule has 1 aliphatic rings. The molecule has 2 aromatic carbocycles. The summed E-state index contributed by atoms with van der Waals surface area (Å²) in [5, 5.41) is -0.264. The van der Waals surface area contributed by atoms with Crippen LogP contribution in [-0.2, 0) is 11.0 Å². The average Bonchev–Trinajstić information content (AvgIpc) is 2.89. The van der Waals surface area contributed by atoms with Gasteiger partial charge in [0.15, 0.2) is 0 Å². The number of hydrogen-bond donors (Lipinski definition) is 1. The van der Waals surface area contributed by atoms with Crippen molar-refractivity contribution in [2.45, 2.75) is 11.6 Å². The molecule has 1 amide bonds. The number of benzene rings is 2. The summed E-state index contributed by atoms with van der Waals surface area (Å²) in [6, 6.07) is 11.8. The molecule has 1 heterocycles. The molecular formula is C16H13F3N2OS. The van der Waals surface area contributed by atoms with E-state index in [9.17, 15) is 18.0 Å². The first-order chi connectivity index (χ1) is 10.9. The number of hydrogen-bond acceptors (Lipinski definition) is 3. The molecule has 3 rings (SSSR count). The molecule has 1 aliphatic heterocycles. The predicted molar refractivity (Wildman–Crippen MR) is 85.0 cm³/mol. The van der Waals surface area contributed by atoms with Crippen LogP contribution in [0.5, 0.6) is 0 Å². The van der Waals surface area contributed by atoms with Gasteiger partial charge in [-0.05, 0) is 42.0 Å². The van der Waals surface area contributed by atoms with Crippen molar-refractivity contribution in [3.63, 3.8) is 0 Å². The second-order valence-electron chi connectivity index (χ2n) is 5.14. The summed E-state index contributed by atoms with van der Waals surface area (Å²) in [6.07, 6.45) is -4.39. The first-order valence-corrected chi connectivity index (χ1v) is 7.87. The summed E-state index contributed by atoms with van der Waals surface area (Å²) in [5.74, 6) is 0.160. The monoisotopic (exact) mass is 338 g/mol. The molecular weight excluding hydrogens is 325 g/mol. The summed E-state index contributed by atoms with van der Waals surface area (Å²) < 4.78 is 38.0. The minimum atomic E-state index is -4.39. The molecule has 0 saturated carbocycles. The normalized spacial score (nSPS) is 18.5. The highest BCUT2D eigenvalue weighted by molar-refractivity contribution is 8.00. The lowest BCUT2D eigenvalue weighted by Crippen LogP contribution is -2.27. The molecule has 1 atom stereocenters. The number of nitrogens with two attached hydrogens (primary N) is 1. The number of carbonyl (C=O) groups excluding carboxylic acids is 1. The van der Waals surface area contributed by atoms with Crippen LogP contribution in [0.1, 0.15) is 16.5 Å². The second-order valence-corrected chi connectivity index (χ2v) is 6.21. The van der Waals surface area contributed by atoms with Crippen LogP contribution < -0.4 is 10.6 Å². The Morgan fingerprint density at radius 2 is 1.65 bits per heavy atom. The van der Waals surface area contributed by atoms with Gasteiger partial charge < -0.3 is 5.73 Å². The van der Waals surface area contributed by atoms with Crippen LogP contribution in [0, 0.1) is 0 Å². The number of nitrogens with zero attached hydrogens (tertiary/aromatic N) is 1. The smallest absolute Gasteiger partial charge is 0.399 e. The predicted octanol–water partition coefficient (Wildman–Crippen LogP) is 4.07. The van der Waals surface area contributed by atoms with E-state index in [0.717, 1.165) is 17.7 Å². The SMILES string of the molecule is Nc1ccc([C@@H]2SCC(=O)N2c2ccc(C(F)(F)F)cc2)cc1. The van der Waals surface area contributed by atoms with E-state index < -0.39 is 11.7 Å². The van der Waals surface area contributed by atoms with E-state index in [-0.39, 0.29) is 17.0 Å². The van der Waals surface area contributed by atoms with E-state index in [1.54, 1.807) is 12.1 Å². The van der Waals surface area contributed by atoms with Gasteiger partial charge in [0, 0.05) is 11.4 Å². The van der Waals surface area contributed by atoms with Crippen LogP contribution in [0.25, 0.3) is 0 Å². The van der Waals surface area contributed by atoms with Crippen LogP contribution in [0.3, 0.4) is 0 Å². The van der Waals surface area contributed by atoms with Gasteiger partial charge >= 0.3 is 6.18 Å². The van der Waals surface area contributed by atoms with Crippen molar-refractivity contribution in [1.29, 1.82) is 0 Å². The van der Waals surface area contributed by atoms with E-state index in [2.05, 4.69) is 0 Å². The standard InChI is InChI=1S/C16H13F3N2OS/c17-16(18,19)11-3-7-13(8-4-11)21-14(22)9-23-15(21)10-1-5-12(20)6-2-10/h1-8,15H,9,20H2/t15-/m0/s1. The van der Waals surface area contributed by atoms with Crippen molar-refractivity contribution in [2.75, 3.05) is 16.4 Å². The van der Waals surface area contributed by atoms with Crippen molar-refractivity contribution in [3.05, 3.63) is 59.7 Å². The first kappa shape index (κ1) is 15.7. The summed E-state index contributed by atoms with van der Waals surface area (Å²) in [4.78, 5) is 13.7. The number of anilines is 2. The molecule has 0 bridgehead atoms. The number of halogens is 3. The maximum absolute atomic E-state index is 12.7. The Labute approximate surface area is 135 Å². The molecule has 3 nitrogen and oxygen atoms in total. The van der Waals surface area contributed by atoms with E-state index in [1.165, 1.54) is 28.8 Å². The van der Waals surface area contributed by atoms with Crippen LogP contribution in [0.2, 0.25) is 0 Å². The van der Waals surface area contributed by atoms with Crippen LogP contribution >= 0.6 is 11.8 Å². The number of carbonyl (C=O) groups is 1. The average molecular weight is 338 g/mol. The molecule has 0 spiro atoms. The largest absolute Gasteiger partial charge is 0.416 e. The van der Waals surface area contributed by atoms with Gasteiger partial charge in [-0.2, -0.15) is 13.2 Å². The van der Waals surface area contributed by atoms with Gasteiger partial charge in [-0.25, -0.2) is 0 Å². The summed E-state index contributed by atoms with van der Waals surface area (Å²) in [6.45, 7) is 0. The fourth-order valence-electron chi connectivity index (χ4n) is 2.42. The maximum Gasteiger partial charge on any atom is 0.416 e. The van der Waals surface area contributed by atoms with Gasteiger partial charge in [0.05, 0.1) is 11.3 Å². The van der Waals surface area contributed by atoms with Crippen molar-refractivity contribution < 1.29 is 18.0 Å². The zero-order valence-corrected chi connectivity index (χ0v) is 12.7. The van der Waals surface area contributed by atoms with Crippen molar-refractivity contribution >= 4 is 29.0 Å². The minimum absolute atomic E-state index is 0.128. The summed E-state index contributed by atoms with van der Waals surface area (Å²) in [7, 11) is 0. The molecule has 1 fully saturated rings. The van der Waals surface area contributed by atoms with E-state index in [4.69, 9.17) is 5.73 Å². The van der Waals surface area contributed by atoms with Gasteiger partial charge in [-0.1, -0.05) is 12.1 Å². The zero-order chi connectivity index (χ0) is 16.6. The molecule has 0 unspecified atom stereocenters. The first-order valence-electron chi connectivity index (χ1n) is 6.82. The number of rotatable bonds is 2. The zero-order valence-electron chi connectivity index (χ0n) is 11.9. The van der Waals surface area contributed by atoms with Crippen LogP contribution in [0.15, 0.2) is 48.5 Å². The lowest BCUT2D eigenvalue weighted by Gasteiger charge is -2.24. The molecule has 2 aromatic rings. The third-order valence-electron chi connectivity index (χ3n) is 3.56. The summed E-state index contributed by atoms with van der Waals surface area (Å²) >= 11 is 1.44. The number of thioether (sulfide) groups is 1. The van der Waals surface area contributed by atoms with Crippen molar-refractivity contribution in [1.82, 2.24) is 0 Å². The molecule has 120 valence electrons. The Morgan fingerprint density at radius 3 is 2.22 bits per heavy atom. The molecule has 0 aliphatic carbocycles. The van der Waals surface area contributed by atoms with Crippen LogP contribution in [-0.4, -0.2) is 11.7 Å². The fraction of sp³-hybridized carbons (Fsp3) is 0.188. The number of amides is 1. The summed E-state index contributed by atoms with van der Waals surface area (Å²) in [5.41, 5.74) is 6.88. The Balaban J connectivity index is 1.92. The topological polar surface area (TPSA) is 46.3 Å². The van der Waals surface area contributed by atoms with Crippen LogP contribution in [0.4, 0.5) is 24.5 Å². The van der Waals surface area contributed by atoms with E-state index >= 15 is 0 Å². The third kappa shape index (κ3) is 3.14. The number of alkyl halides is 3. The lowest BCUT2D eigenvalue weighted by atomic mass is 10.1. The van der Waals surface area contributed by atoms with Gasteiger partial charge in [-0.15, -0.1) is 11.8 Å². The molecule has 2 N–H and O–H groups in total. The Kier molecular flexibility index (Phi) is 3.97. The maximum atomic E-state index is 12.7. The Morgan fingerprint density at radius 1 is 1.04 bits per heavy atom. The number of nitrogen functional groups attached to an aromatic ring is 1. The molecule has 0 aromatic heterocycles. The second kappa shape index (κ2) is 5.81. The van der Waals surface area contributed by atoms with Crippen molar-refractivity contribution in [3.8, 4) is 0 Å². The van der Waals surface area contributed by atoms with Gasteiger partial charge in [-0.3, -0.25) is 9.69 Å². The van der Waals surface area contributed by atoms with E-state index in [0.29, 0.717) is 11.4 Å².